The van der Waals surface area contributed by atoms with Gasteiger partial charge < -0.3 is 0 Å². The molecule has 0 amide bonds. The molecule has 0 aliphatic heterocycles. The molecule has 0 fully saturated rings. The number of hydrogen-bond donors (Lipinski definition) is 0. The Hall–Kier alpha value is -4.42. The van der Waals surface area contributed by atoms with Gasteiger partial charge in [-0.05, 0) is 88.8 Å². The highest BCUT2D eigenvalue weighted by molar-refractivity contribution is 7.20. The minimum absolute atomic E-state index is 0.896. The molecule has 3 aromatic carbocycles. The summed E-state index contributed by atoms with van der Waals surface area (Å²) in [7, 11) is 0. The van der Waals surface area contributed by atoms with Gasteiger partial charge in [0.2, 0.25) is 0 Å². The molecular formula is C40H36S. The average Bonchev–Trinajstić information content (AvgIpc) is 3.23. The highest BCUT2D eigenvalue weighted by atomic mass is 32.1. The van der Waals surface area contributed by atoms with Crippen LogP contribution in [0.2, 0.25) is 0 Å². The lowest BCUT2D eigenvalue weighted by Crippen LogP contribution is -1.89. The van der Waals surface area contributed by atoms with E-state index in [1.165, 1.54) is 53.9 Å². The molecule has 4 aromatic rings. The third kappa shape index (κ3) is 6.50. The smallest absolute Gasteiger partial charge is 0.0436 e. The van der Waals surface area contributed by atoms with Crippen molar-refractivity contribution in [3.05, 3.63) is 167 Å². The molecule has 0 bridgehead atoms. The topological polar surface area (TPSA) is 0 Å². The fraction of sp³-hybridized carbons (Fsp3) is 0.125. The summed E-state index contributed by atoms with van der Waals surface area (Å²) in [5, 5.41) is 1.40. The minimum Gasteiger partial charge on any atom is -0.135 e. The van der Waals surface area contributed by atoms with Crippen molar-refractivity contribution >= 4 is 38.6 Å². The van der Waals surface area contributed by atoms with Gasteiger partial charge >= 0.3 is 0 Å². The van der Waals surface area contributed by atoms with Gasteiger partial charge in [0.15, 0.2) is 0 Å². The van der Waals surface area contributed by atoms with Crippen LogP contribution in [-0.4, -0.2) is 0 Å². The molecule has 0 saturated carbocycles. The lowest BCUT2D eigenvalue weighted by atomic mass is 9.95. The van der Waals surface area contributed by atoms with E-state index in [1.54, 1.807) is 0 Å². The first-order chi connectivity index (χ1) is 20.2. The molecule has 0 radical (unpaired) electrons. The Bertz CT molecular complexity index is 1740. The molecule has 41 heavy (non-hydrogen) atoms. The maximum Gasteiger partial charge on any atom is 0.0436 e. The minimum atomic E-state index is 0.896. The van der Waals surface area contributed by atoms with E-state index in [2.05, 4.69) is 135 Å². The van der Waals surface area contributed by atoms with E-state index in [0.29, 0.717) is 0 Å². The molecule has 0 spiro atoms. The van der Waals surface area contributed by atoms with Gasteiger partial charge in [-0.3, -0.25) is 0 Å². The fourth-order valence-corrected chi connectivity index (χ4v) is 6.49. The predicted octanol–water partition coefficient (Wildman–Crippen LogP) is 11.6. The van der Waals surface area contributed by atoms with Crippen LogP contribution in [0.3, 0.4) is 0 Å². The van der Waals surface area contributed by atoms with Crippen molar-refractivity contribution in [1.29, 1.82) is 0 Å². The molecule has 0 unspecified atom stereocenters. The molecule has 0 N–H and O–H groups in total. The summed E-state index contributed by atoms with van der Waals surface area (Å²) in [6.07, 6.45) is 25.4. The van der Waals surface area contributed by atoms with Crippen molar-refractivity contribution in [3.63, 3.8) is 0 Å². The summed E-state index contributed by atoms with van der Waals surface area (Å²) < 4.78 is 1.37. The van der Waals surface area contributed by atoms with Crippen LogP contribution in [0.5, 0.6) is 0 Å². The van der Waals surface area contributed by atoms with Gasteiger partial charge in [-0.25, -0.2) is 0 Å². The number of aryl methyl sites for hydroxylation is 1. The summed E-state index contributed by atoms with van der Waals surface area (Å²) in [6, 6.07) is 24.2. The van der Waals surface area contributed by atoms with Crippen molar-refractivity contribution in [2.24, 2.45) is 0 Å². The maximum absolute atomic E-state index is 3.77. The van der Waals surface area contributed by atoms with Crippen LogP contribution in [0.4, 0.5) is 0 Å². The van der Waals surface area contributed by atoms with Crippen LogP contribution < -0.4 is 0 Å². The Morgan fingerprint density at radius 1 is 0.878 bits per heavy atom. The Labute approximate surface area is 249 Å². The second-order valence-electron chi connectivity index (χ2n) is 10.0. The first-order valence-electron chi connectivity index (χ1n) is 14.4. The number of benzene rings is 3. The van der Waals surface area contributed by atoms with Gasteiger partial charge in [-0.15, -0.1) is 23.6 Å². The summed E-state index contributed by atoms with van der Waals surface area (Å²) in [5.74, 6) is 0. The molecule has 0 atom stereocenters. The molecule has 1 aromatic heterocycles. The van der Waals surface area contributed by atoms with E-state index in [-0.39, 0.29) is 0 Å². The maximum atomic E-state index is 3.77. The van der Waals surface area contributed by atoms with Crippen molar-refractivity contribution in [3.8, 4) is 11.1 Å². The second-order valence-corrected chi connectivity index (χ2v) is 11.1. The molecule has 2 aliphatic carbocycles. The molecule has 1 heteroatoms. The van der Waals surface area contributed by atoms with Crippen LogP contribution in [0, 0.1) is 0 Å². The van der Waals surface area contributed by atoms with Crippen LogP contribution in [-0.2, 0) is 12.8 Å². The Morgan fingerprint density at radius 3 is 2.46 bits per heavy atom. The Kier molecular flexibility index (Phi) is 9.45. The lowest BCUT2D eigenvalue weighted by molar-refractivity contribution is 1.01. The molecule has 0 nitrogen and oxygen atoms in total. The number of thiophene rings is 1. The third-order valence-corrected chi connectivity index (χ3v) is 8.59. The van der Waals surface area contributed by atoms with Gasteiger partial charge in [0, 0.05) is 20.7 Å². The van der Waals surface area contributed by atoms with E-state index in [0.717, 1.165) is 31.3 Å². The van der Waals surface area contributed by atoms with Crippen LogP contribution in [0.15, 0.2) is 140 Å². The standard InChI is InChI=1S/C36H28S.C4H8/c1-2-3-4-11-28-12-5-6-15-31(28)30-24-21-27(22-25-30)26-13-9-14-29(23-20-26)32-17-10-18-34-33-16-7-8-19-35(33)37-36(32)34;1-3-4-2/h2-6,8-10,12-13,15,17-25H,1,7,11,16H2;3H,1,4H2,2H3/b4-3-;. The lowest BCUT2D eigenvalue weighted by Gasteiger charge is -2.10. The van der Waals surface area contributed by atoms with Gasteiger partial charge in [-0.1, -0.05) is 117 Å². The highest BCUT2D eigenvalue weighted by Crippen LogP contribution is 2.40. The molecule has 6 rings (SSSR count). The molecule has 202 valence electrons. The van der Waals surface area contributed by atoms with E-state index in [1.807, 2.05) is 29.6 Å². The quantitative estimate of drug-likeness (QED) is 0.122. The molecule has 1 heterocycles. The Morgan fingerprint density at radius 2 is 1.66 bits per heavy atom. The normalized spacial score (nSPS) is 13.7. The van der Waals surface area contributed by atoms with Gasteiger partial charge in [0.1, 0.15) is 0 Å². The van der Waals surface area contributed by atoms with Crippen molar-refractivity contribution in [1.82, 2.24) is 0 Å². The zero-order chi connectivity index (χ0) is 28.4. The van der Waals surface area contributed by atoms with E-state index in [9.17, 15) is 0 Å². The number of hydrogen-bond acceptors (Lipinski definition) is 1. The second kappa shape index (κ2) is 13.8. The molecule has 2 aliphatic rings. The van der Waals surface area contributed by atoms with Gasteiger partial charge in [-0.2, -0.15) is 0 Å². The highest BCUT2D eigenvalue weighted by Gasteiger charge is 2.16. The van der Waals surface area contributed by atoms with Gasteiger partial charge in [0.25, 0.3) is 0 Å². The van der Waals surface area contributed by atoms with Crippen molar-refractivity contribution in [2.75, 3.05) is 0 Å². The van der Waals surface area contributed by atoms with E-state index in [4.69, 9.17) is 0 Å². The monoisotopic (exact) mass is 548 g/mol. The summed E-state index contributed by atoms with van der Waals surface area (Å²) >= 11 is 1.91. The van der Waals surface area contributed by atoms with E-state index < -0.39 is 0 Å². The molecule has 0 saturated heterocycles. The van der Waals surface area contributed by atoms with Gasteiger partial charge in [0.05, 0.1) is 0 Å². The van der Waals surface area contributed by atoms with E-state index >= 15 is 0 Å². The summed E-state index contributed by atoms with van der Waals surface area (Å²) in [5.41, 5.74) is 13.7. The number of fused-ring (bicyclic) bond motifs is 3. The first-order valence-corrected chi connectivity index (χ1v) is 15.2. The Balaban J connectivity index is 0.000000794. The largest absolute Gasteiger partial charge is 0.135 e. The molecular weight excluding hydrogens is 513 g/mol. The summed E-state index contributed by atoms with van der Waals surface area (Å²) in [4.78, 5) is 1.41. The first kappa shape index (κ1) is 28.1. The fourth-order valence-electron chi connectivity index (χ4n) is 5.18. The third-order valence-electron chi connectivity index (χ3n) is 7.35. The summed E-state index contributed by atoms with van der Waals surface area (Å²) in [6.45, 7) is 9.32. The van der Waals surface area contributed by atoms with Crippen LogP contribution >= 0.6 is 11.3 Å². The SMILES string of the molecule is C=C/C=C\Cc1ccccc1-c1ccc(C2=CC=C=C(c3cccc4c5c(sc34)C=CCC5)C=C2)cc1.C=CCC. The van der Waals surface area contributed by atoms with Crippen LogP contribution in [0.25, 0.3) is 38.4 Å². The van der Waals surface area contributed by atoms with Crippen LogP contribution in [0.1, 0.15) is 46.9 Å². The zero-order valence-electron chi connectivity index (χ0n) is 23.8. The average molecular weight is 549 g/mol. The number of rotatable bonds is 7. The predicted molar refractivity (Wildman–Crippen MR) is 183 cm³/mol. The van der Waals surface area contributed by atoms with Crippen molar-refractivity contribution < 1.29 is 0 Å². The zero-order valence-corrected chi connectivity index (χ0v) is 24.6. The van der Waals surface area contributed by atoms with Crippen molar-refractivity contribution in [2.45, 2.75) is 32.6 Å². The number of allylic oxidation sites excluding steroid dienone is 10.